The van der Waals surface area contributed by atoms with Gasteiger partial charge in [-0.15, -0.1) is 0 Å². The molecule has 0 aromatic heterocycles. The van der Waals surface area contributed by atoms with Crippen LogP contribution >= 0.6 is 7.82 Å². The predicted octanol–water partition coefficient (Wildman–Crippen LogP) is 12.7. The van der Waals surface area contributed by atoms with Gasteiger partial charge >= 0.3 is 19.8 Å². The van der Waals surface area contributed by atoms with Gasteiger partial charge in [-0.05, 0) is 64.2 Å². The van der Waals surface area contributed by atoms with Gasteiger partial charge in [0, 0.05) is 12.8 Å². The Kier molecular flexibility index (Phi) is 37.8. The van der Waals surface area contributed by atoms with Crippen LogP contribution in [0, 0.1) is 0 Å². The summed E-state index contributed by atoms with van der Waals surface area (Å²) in [6.07, 6.45) is 54.4. The fraction of sp³-hybridized carbons (Fsp3) is 0.592. The SMILES string of the molecule is CC/C=C/C=C/C=C/C=C/C=C/CCCC(=O)OC(COC(=O)CCCCCCCCCCC/C=C/C/C=C/C/C=C/C/C=C/CC)COP(=O)(O)OCC[N+](C)(C)C. The molecule has 10 heteroatoms. The van der Waals surface area contributed by atoms with Gasteiger partial charge in [0.25, 0.3) is 0 Å². The van der Waals surface area contributed by atoms with Crippen LogP contribution in [-0.4, -0.2) is 74.9 Å². The van der Waals surface area contributed by atoms with Gasteiger partial charge < -0.3 is 18.9 Å². The minimum atomic E-state index is -4.40. The van der Waals surface area contributed by atoms with Gasteiger partial charge in [0.1, 0.15) is 19.8 Å². The number of carbonyl (C=O) groups is 2. The molecule has 9 nitrogen and oxygen atoms in total. The number of carbonyl (C=O) groups excluding carboxylic acids is 2. The molecule has 0 amide bonds. The zero-order valence-electron chi connectivity index (χ0n) is 37.4. The number of nitrogens with zero attached hydrogens (tertiary/aromatic N) is 1. The van der Waals surface area contributed by atoms with Gasteiger partial charge in [-0.3, -0.25) is 18.6 Å². The van der Waals surface area contributed by atoms with Crippen LogP contribution in [0.15, 0.2) is 109 Å². The molecule has 0 aliphatic rings. The monoisotopic (exact) mass is 843 g/mol. The van der Waals surface area contributed by atoms with Gasteiger partial charge in [0.2, 0.25) is 0 Å². The minimum Gasteiger partial charge on any atom is -0.462 e. The highest BCUT2D eigenvalue weighted by atomic mass is 31.2. The highest BCUT2D eigenvalue weighted by Gasteiger charge is 2.27. The fourth-order valence-corrected chi connectivity index (χ4v) is 6.01. The molecule has 0 rings (SSSR count). The molecule has 0 saturated carbocycles. The Balaban J connectivity index is 4.39. The van der Waals surface area contributed by atoms with E-state index in [0.29, 0.717) is 30.3 Å². The summed E-state index contributed by atoms with van der Waals surface area (Å²) in [5.41, 5.74) is 0. The summed E-state index contributed by atoms with van der Waals surface area (Å²) in [6.45, 7) is 4.04. The van der Waals surface area contributed by atoms with Crippen molar-refractivity contribution in [3.05, 3.63) is 109 Å². The van der Waals surface area contributed by atoms with Crippen LogP contribution in [0.2, 0.25) is 0 Å². The van der Waals surface area contributed by atoms with E-state index in [1.54, 1.807) is 0 Å². The number of hydrogen-bond acceptors (Lipinski definition) is 7. The number of allylic oxidation sites excluding steroid dienone is 18. The Morgan fingerprint density at radius 3 is 1.59 bits per heavy atom. The summed E-state index contributed by atoms with van der Waals surface area (Å²) in [5, 5.41) is 0. The van der Waals surface area contributed by atoms with E-state index >= 15 is 0 Å². The summed E-state index contributed by atoms with van der Waals surface area (Å²) in [4.78, 5) is 35.3. The molecule has 2 atom stereocenters. The van der Waals surface area contributed by atoms with E-state index in [2.05, 4.69) is 68.5 Å². The topological polar surface area (TPSA) is 108 Å². The number of phosphoric ester groups is 1. The molecule has 0 fully saturated rings. The van der Waals surface area contributed by atoms with Crippen molar-refractivity contribution < 1.29 is 42.1 Å². The molecule has 0 radical (unpaired) electrons. The second-order valence-corrected chi connectivity index (χ2v) is 16.9. The van der Waals surface area contributed by atoms with E-state index in [9.17, 15) is 19.0 Å². The van der Waals surface area contributed by atoms with Crippen molar-refractivity contribution in [3.63, 3.8) is 0 Å². The maximum absolute atomic E-state index is 12.6. The summed E-state index contributed by atoms with van der Waals surface area (Å²) in [7, 11) is 1.40. The molecule has 334 valence electrons. The molecule has 0 aliphatic carbocycles. The number of esters is 2. The molecule has 0 heterocycles. The molecule has 0 aromatic carbocycles. The van der Waals surface area contributed by atoms with Gasteiger partial charge in [-0.2, -0.15) is 0 Å². The quantitative estimate of drug-likeness (QED) is 0.0163. The molecule has 0 bridgehead atoms. The minimum absolute atomic E-state index is 0.0106. The molecule has 0 saturated heterocycles. The molecule has 59 heavy (non-hydrogen) atoms. The summed E-state index contributed by atoms with van der Waals surface area (Å²) >= 11 is 0. The smallest absolute Gasteiger partial charge is 0.462 e. The van der Waals surface area contributed by atoms with Crippen LogP contribution < -0.4 is 0 Å². The Morgan fingerprint density at radius 2 is 1.02 bits per heavy atom. The first-order chi connectivity index (χ1) is 28.5. The van der Waals surface area contributed by atoms with Crippen LogP contribution in [0.5, 0.6) is 0 Å². The molecular formula is C49H81NO8P+. The zero-order chi connectivity index (χ0) is 43.6. The first-order valence-corrected chi connectivity index (χ1v) is 23.7. The van der Waals surface area contributed by atoms with Crippen molar-refractivity contribution in [2.24, 2.45) is 0 Å². The number of hydrogen-bond donors (Lipinski definition) is 1. The lowest BCUT2D eigenvalue weighted by atomic mass is 10.1. The van der Waals surface area contributed by atoms with Crippen molar-refractivity contribution >= 4 is 19.8 Å². The van der Waals surface area contributed by atoms with Crippen LogP contribution in [0.4, 0.5) is 0 Å². The van der Waals surface area contributed by atoms with Gasteiger partial charge in [0.15, 0.2) is 6.10 Å². The van der Waals surface area contributed by atoms with E-state index in [1.165, 1.54) is 32.1 Å². The van der Waals surface area contributed by atoms with Crippen molar-refractivity contribution in [1.82, 2.24) is 0 Å². The van der Waals surface area contributed by atoms with Crippen molar-refractivity contribution in [1.29, 1.82) is 0 Å². The fourth-order valence-electron chi connectivity index (χ4n) is 5.27. The lowest BCUT2D eigenvalue weighted by molar-refractivity contribution is -0.870. The maximum Gasteiger partial charge on any atom is 0.472 e. The number of rotatable bonds is 38. The van der Waals surface area contributed by atoms with Crippen LogP contribution in [0.3, 0.4) is 0 Å². The summed E-state index contributed by atoms with van der Waals surface area (Å²) < 4.78 is 34.2. The molecule has 0 aromatic rings. The lowest BCUT2D eigenvalue weighted by Crippen LogP contribution is -2.37. The molecular weight excluding hydrogens is 762 g/mol. The number of phosphoric acid groups is 1. The zero-order valence-corrected chi connectivity index (χ0v) is 38.3. The largest absolute Gasteiger partial charge is 0.472 e. The molecule has 2 unspecified atom stereocenters. The first-order valence-electron chi connectivity index (χ1n) is 22.2. The molecule has 0 aliphatic heterocycles. The van der Waals surface area contributed by atoms with Crippen LogP contribution in [-0.2, 0) is 32.7 Å². The van der Waals surface area contributed by atoms with Crippen molar-refractivity contribution in [2.75, 3.05) is 47.5 Å². The van der Waals surface area contributed by atoms with Gasteiger partial charge in [0.05, 0.1) is 27.7 Å². The second kappa shape index (κ2) is 40.1. The Bertz CT molecular complexity index is 1370. The summed E-state index contributed by atoms with van der Waals surface area (Å²) in [5.74, 6) is -0.905. The third kappa shape index (κ3) is 44.1. The lowest BCUT2D eigenvalue weighted by Gasteiger charge is -2.24. The number of ether oxygens (including phenoxy) is 2. The Labute approximate surface area is 359 Å². The Morgan fingerprint density at radius 1 is 0.542 bits per heavy atom. The van der Waals surface area contributed by atoms with Crippen LogP contribution in [0.25, 0.3) is 0 Å². The highest BCUT2D eigenvalue weighted by Crippen LogP contribution is 2.43. The Hall–Kier alpha value is -3.33. The van der Waals surface area contributed by atoms with Crippen molar-refractivity contribution in [3.8, 4) is 0 Å². The van der Waals surface area contributed by atoms with Gasteiger partial charge in [-0.25, -0.2) is 4.57 Å². The first kappa shape index (κ1) is 55.7. The summed E-state index contributed by atoms with van der Waals surface area (Å²) in [6, 6.07) is 0. The number of quaternary nitrogens is 1. The van der Waals surface area contributed by atoms with E-state index in [1.807, 2.05) is 75.8 Å². The van der Waals surface area contributed by atoms with E-state index in [-0.39, 0.29) is 26.1 Å². The van der Waals surface area contributed by atoms with E-state index < -0.39 is 32.5 Å². The maximum atomic E-state index is 12.6. The van der Waals surface area contributed by atoms with Crippen LogP contribution in [0.1, 0.15) is 136 Å². The van der Waals surface area contributed by atoms with E-state index in [4.69, 9.17) is 18.5 Å². The second-order valence-electron chi connectivity index (χ2n) is 15.4. The van der Waals surface area contributed by atoms with Gasteiger partial charge in [-0.1, -0.05) is 168 Å². The molecule has 1 N–H and O–H groups in total. The highest BCUT2D eigenvalue weighted by molar-refractivity contribution is 7.47. The third-order valence-corrected chi connectivity index (χ3v) is 9.66. The number of likely N-dealkylation sites (N-methyl/N-ethyl adjacent to an activating group) is 1. The van der Waals surface area contributed by atoms with E-state index in [0.717, 1.165) is 57.8 Å². The molecule has 0 spiro atoms. The standard InChI is InChI=1S/C49H80NO8P/c1-6-8-10-12-14-16-18-20-21-22-23-24-25-26-27-28-30-31-33-35-37-39-41-48(51)55-45-47(46-57-59(53,54)56-44-43-50(3,4)5)58-49(52)42-40-38-36-34-32-29-19-17-15-13-11-9-7-2/h8-11,13-17,19-21,23-24,29,32,34,36,47H,6-7,12,18,22,25-28,30-31,33,35,37-46H2,1-5H3/p+1/b10-8+,11-9+,15-13+,16-14+,19-17+,21-20+,24-23+,32-29+,36-34+. The average molecular weight is 843 g/mol. The third-order valence-electron chi connectivity index (χ3n) is 8.68. The average Bonchev–Trinajstić information content (AvgIpc) is 3.19. The predicted molar refractivity (Wildman–Crippen MR) is 247 cm³/mol. The number of unbranched alkanes of at least 4 members (excludes halogenated alkanes) is 10. The normalized spacial score (nSPS) is 14.6. The van der Waals surface area contributed by atoms with Crippen molar-refractivity contribution in [2.45, 2.75) is 142 Å².